The van der Waals surface area contributed by atoms with Crippen LogP contribution in [0.15, 0.2) is 24.3 Å². The number of nitrogens with one attached hydrogen (secondary N) is 7. The van der Waals surface area contributed by atoms with Crippen molar-refractivity contribution in [3.8, 4) is 5.75 Å². The van der Waals surface area contributed by atoms with E-state index < -0.39 is 145 Å². The van der Waals surface area contributed by atoms with Crippen molar-refractivity contribution in [3.05, 3.63) is 29.8 Å². The van der Waals surface area contributed by atoms with E-state index in [2.05, 4.69) is 31.9 Å². The quantitative estimate of drug-likeness (QED) is 0.0357. The third-order valence-electron chi connectivity index (χ3n) is 11.5. The first-order chi connectivity index (χ1) is 34.0. The largest absolute Gasteiger partial charge is 0.508 e. The van der Waals surface area contributed by atoms with Crippen LogP contribution in [0.5, 0.6) is 5.75 Å². The normalized spacial score (nSPS) is 17.1. The zero-order valence-corrected chi connectivity index (χ0v) is 42.2. The summed E-state index contributed by atoms with van der Waals surface area (Å²) in [6.07, 6.45) is -2.99. The zero-order chi connectivity index (χ0) is 55.4. The van der Waals surface area contributed by atoms with Crippen molar-refractivity contribution in [1.82, 2.24) is 42.1 Å². The summed E-state index contributed by atoms with van der Waals surface area (Å²) in [6.45, 7) is 10.6. The minimum absolute atomic E-state index is 0.00406. The van der Waals surface area contributed by atoms with Crippen LogP contribution < -0.4 is 48.7 Å². The fourth-order valence-electron chi connectivity index (χ4n) is 7.85. The van der Waals surface area contributed by atoms with Gasteiger partial charge >= 0.3 is 11.9 Å². The number of amides is 9. The predicted octanol–water partition coefficient (Wildman–Crippen LogP) is -3.41. The van der Waals surface area contributed by atoms with Gasteiger partial charge in [0.1, 0.15) is 48.0 Å². The number of phenolic OH excluding ortho intramolecular Hbond substituents is 1. The monoisotopic (exact) mass is 1030 g/mol. The number of carbonyl (C=O) groups is 11. The molecule has 0 aliphatic carbocycles. The lowest BCUT2D eigenvalue weighted by atomic mass is 9.99. The average Bonchev–Trinajstić information content (AvgIpc) is 3.78. The number of carboxylic acid groups (broad SMARTS) is 2. The Hall–Kier alpha value is -6.93. The van der Waals surface area contributed by atoms with Crippen molar-refractivity contribution in [3.63, 3.8) is 0 Å². The number of likely N-dealkylation sites (tertiary alicyclic amines) is 1. The second-order valence-corrected chi connectivity index (χ2v) is 19.4. The Kier molecular flexibility index (Phi) is 25.2. The van der Waals surface area contributed by atoms with Gasteiger partial charge in [0, 0.05) is 6.54 Å². The number of nitrogens with two attached hydrogens (primary N) is 2. The van der Waals surface area contributed by atoms with E-state index in [4.69, 9.17) is 11.5 Å². The van der Waals surface area contributed by atoms with Crippen LogP contribution in [0.2, 0.25) is 0 Å². The molecule has 73 heavy (non-hydrogen) atoms. The smallest absolute Gasteiger partial charge is 0.328 e. The number of carboxylic acids is 2. The molecule has 0 bridgehead atoms. The van der Waals surface area contributed by atoms with E-state index in [1.165, 1.54) is 17.0 Å². The van der Waals surface area contributed by atoms with E-state index in [-0.39, 0.29) is 62.2 Å². The van der Waals surface area contributed by atoms with Gasteiger partial charge in [-0.3, -0.25) is 47.9 Å². The number of carbonyl (C=O) groups excluding carboxylic acids is 9. The van der Waals surface area contributed by atoms with Gasteiger partial charge in [0.05, 0.1) is 31.6 Å². The average molecular weight is 1040 g/mol. The second-order valence-electron chi connectivity index (χ2n) is 19.4. The van der Waals surface area contributed by atoms with Gasteiger partial charge in [0.25, 0.3) is 0 Å². The number of nitrogens with zero attached hydrogens (tertiary/aromatic N) is 1. The number of hydrogen-bond donors (Lipinski definition) is 14. The summed E-state index contributed by atoms with van der Waals surface area (Å²) in [4.78, 5) is 146. The van der Waals surface area contributed by atoms with Gasteiger partial charge < -0.3 is 79.1 Å². The number of phenols is 1. The van der Waals surface area contributed by atoms with Crippen LogP contribution in [0.3, 0.4) is 0 Å². The fraction of sp³-hybridized carbons (Fsp3) is 0.638. The van der Waals surface area contributed by atoms with Crippen molar-refractivity contribution < 1.29 is 78.3 Å². The minimum atomic E-state index is -1.88. The van der Waals surface area contributed by atoms with E-state index in [1.54, 1.807) is 53.7 Å². The molecular weight excluding hydrogens is 961 g/mol. The van der Waals surface area contributed by atoms with Gasteiger partial charge in [0.15, 0.2) is 6.04 Å². The zero-order valence-electron chi connectivity index (χ0n) is 42.2. The van der Waals surface area contributed by atoms with E-state index in [0.717, 1.165) is 6.92 Å². The molecule has 1 fully saturated rings. The summed E-state index contributed by atoms with van der Waals surface area (Å²) in [5, 5.41) is 64.9. The second kappa shape index (κ2) is 29.6. The lowest BCUT2D eigenvalue weighted by Crippen LogP contribution is -2.61. The summed E-state index contributed by atoms with van der Waals surface area (Å²) >= 11 is 0. The summed E-state index contributed by atoms with van der Waals surface area (Å²) in [5.74, 6) is -12.7. The molecule has 408 valence electrons. The van der Waals surface area contributed by atoms with E-state index >= 15 is 0 Å². The van der Waals surface area contributed by atoms with Crippen molar-refractivity contribution in [2.45, 2.75) is 160 Å². The highest BCUT2D eigenvalue weighted by Gasteiger charge is 2.41. The lowest BCUT2D eigenvalue weighted by molar-refractivity contribution is -0.146. The Morgan fingerprint density at radius 2 is 1.05 bits per heavy atom. The molecule has 26 heteroatoms. The summed E-state index contributed by atoms with van der Waals surface area (Å²) < 4.78 is 0. The van der Waals surface area contributed by atoms with Crippen molar-refractivity contribution in [2.75, 3.05) is 13.2 Å². The van der Waals surface area contributed by atoms with Gasteiger partial charge in [-0.05, 0) is 80.9 Å². The number of primary amides is 1. The number of aliphatic carboxylic acids is 2. The third-order valence-corrected chi connectivity index (χ3v) is 11.5. The number of benzene rings is 1. The Morgan fingerprint density at radius 1 is 0.616 bits per heavy atom. The molecule has 1 aromatic carbocycles. The molecule has 1 heterocycles. The first-order valence-electron chi connectivity index (χ1n) is 24.0. The standard InChI is InChI=1S/C47H74N10O16/c1-22(2)15-29(50-39(64)28(48)18-26-10-12-27(60)13-11-26)40(65)53-32(20-37(62)63)43(68)52-31(19-36(49)61)42(67)51-30(16-23(3)4)41(66)54-33(17-24(5)6)46(71)57-14-8-9-35(57)45(70)55-34(21-58)44(69)56-38(25(7)59)47(72)73/h10-13,22-25,28-35,38,58-60H,8-9,14-21,48H2,1-7H3,(H2,49,61)(H,50,64)(H,51,67)(H,52,68)(H,53,65)(H,54,66)(H,55,70)(H,56,69)(H,62,63)(H,72,73)/t25-,28+,29+,30+,31+,32+,33+,34+,35+,38+/m1/s1. The topological polar surface area (TPSA) is 428 Å². The minimum Gasteiger partial charge on any atom is -0.508 e. The molecule has 1 aliphatic heterocycles. The Balaban J connectivity index is 2.33. The number of aliphatic hydroxyl groups is 2. The molecule has 0 aromatic heterocycles. The molecule has 1 aromatic rings. The Morgan fingerprint density at radius 3 is 1.51 bits per heavy atom. The third kappa shape index (κ3) is 21.0. The van der Waals surface area contributed by atoms with E-state index in [9.17, 15) is 78.3 Å². The Bertz CT molecular complexity index is 2120. The number of hydrogen-bond acceptors (Lipinski definition) is 15. The Labute approximate surface area is 422 Å². The first-order valence-corrected chi connectivity index (χ1v) is 24.0. The van der Waals surface area contributed by atoms with Crippen LogP contribution in [0.1, 0.15) is 99.0 Å². The lowest BCUT2D eigenvalue weighted by Gasteiger charge is -2.31. The van der Waals surface area contributed by atoms with Crippen molar-refractivity contribution >= 4 is 65.1 Å². The molecule has 10 atom stereocenters. The molecule has 2 rings (SSSR count). The molecule has 9 amide bonds. The van der Waals surface area contributed by atoms with Crippen molar-refractivity contribution in [2.24, 2.45) is 29.2 Å². The number of rotatable bonds is 30. The van der Waals surface area contributed by atoms with E-state index in [1.807, 2.05) is 5.32 Å². The van der Waals surface area contributed by atoms with Gasteiger partial charge in [-0.25, -0.2) is 4.79 Å². The van der Waals surface area contributed by atoms with E-state index in [0.29, 0.717) is 12.0 Å². The fourth-order valence-corrected chi connectivity index (χ4v) is 7.85. The maximum absolute atomic E-state index is 14.2. The molecule has 26 nitrogen and oxygen atoms in total. The molecule has 0 radical (unpaired) electrons. The van der Waals surface area contributed by atoms with Crippen LogP contribution in [-0.4, -0.2) is 169 Å². The first kappa shape index (κ1) is 62.2. The van der Waals surface area contributed by atoms with Crippen LogP contribution in [0.25, 0.3) is 0 Å². The molecule has 16 N–H and O–H groups in total. The molecular formula is C47H74N10O16. The molecule has 1 saturated heterocycles. The van der Waals surface area contributed by atoms with Crippen LogP contribution >= 0.6 is 0 Å². The molecule has 0 spiro atoms. The van der Waals surface area contributed by atoms with Gasteiger partial charge in [-0.1, -0.05) is 53.7 Å². The van der Waals surface area contributed by atoms with Crippen molar-refractivity contribution in [1.29, 1.82) is 0 Å². The summed E-state index contributed by atoms with van der Waals surface area (Å²) in [6, 6.07) is -7.65. The molecule has 1 aliphatic rings. The highest BCUT2D eigenvalue weighted by atomic mass is 16.4. The summed E-state index contributed by atoms with van der Waals surface area (Å²) in [5.41, 5.74) is 12.2. The van der Waals surface area contributed by atoms with Gasteiger partial charge in [-0.15, -0.1) is 0 Å². The van der Waals surface area contributed by atoms with Gasteiger partial charge in [-0.2, -0.15) is 0 Å². The van der Waals surface area contributed by atoms with Crippen LogP contribution in [0.4, 0.5) is 0 Å². The number of aliphatic hydroxyl groups excluding tert-OH is 2. The predicted molar refractivity (Wildman–Crippen MR) is 259 cm³/mol. The molecule has 0 saturated carbocycles. The maximum atomic E-state index is 14.2. The highest BCUT2D eigenvalue weighted by molar-refractivity contribution is 6.00. The summed E-state index contributed by atoms with van der Waals surface area (Å²) in [7, 11) is 0. The highest BCUT2D eigenvalue weighted by Crippen LogP contribution is 2.21. The maximum Gasteiger partial charge on any atom is 0.328 e. The molecule has 0 unspecified atom stereocenters. The van der Waals surface area contributed by atoms with Gasteiger partial charge in [0.2, 0.25) is 53.2 Å². The van der Waals surface area contributed by atoms with Crippen LogP contribution in [0, 0.1) is 17.8 Å². The number of aromatic hydroxyl groups is 1. The van der Waals surface area contributed by atoms with Crippen LogP contribution in [-0.2, 0) is 59.2 Å². The SMILES string of the molecule is CC(C)C[C@H](NC(=O)[C@H](CC(N)=O)NC(=O)[C@H](CC(=O)O)NC(=O)[C@H](CC(C)C)NC(=O)[C@@H](N)Cc1ccc(O)cc1)C(=O)N[C@@H](CC(C)C)C(=O)N1CCC[C@H]1C(=O)N[C@@H](CO)C(=O)N[C@H](C(=O)O)[C@@H](C)O.